The minimum absolute atomic E-state index is 0. The fourth-order valence-corrected chi connectivity index (χ4v) is 0. The van der Waals surface area contributed by atoms with E-state index >= 15 is 0 Å². The molecule has 0 aliphatic rings. The van der Waals surface area contributed by atoms with Crippen molar-refractivity contribution in [3.05, 3.63) is 0 Å². The summed E-state index contributed by atoms with van der Waals surface area (Å²) in [6, 6.07) is 0. The van der Waals surface area contributed by atoms with Crippen LogP contribution in [0.4, 0.5) is 0 Å². The Labute approximate surface area is 96.9 Å². The molecule has 8 N–H and O–H groups in total. The van der Waals surface area contributed by atoms with Crippen molar-refractivity contribution in [3.63, 3.8) is 0 Å². The van der Waals surface area contributed by atoms with Crippen LogP contribution in [-0.4, -0.2) is 0 Å². The molecule has 3 nitrogen and oxygen atoms in total. The van der Waals surface area contributed by atoms with Crippen LogP contribution in [0.25, 0.3) is 0 Å². The third kappa shape index (κ3) is 176. The SMILES string of the molecule is Cl.Cl.Cl.Cl.Cl.[NH4+].[NH4+].[O]=[Mo]. The Balaban J connectivity index is -0.000000000238. The van der Waals surface area contributed by atoms with Crippen LogP contribution in [0.15, 0.2) is 0 Å². The summed E-state index contributed by atoms with van der Waals surface area (Å²) in [6.45, 7) is 0. The minimum atomic E-state index is 0. The van der Waals surface area contributed by atoms with Gasteiger partial charge in [-0.15, -0.1) is 62.0 Å². The maximum absolute atomic E-state index is 8.26. The molecule has 0 heterocycles. The second kappa shape index (κ2) is 224. The van der Waals surface area contributed by atoms with Crippen molar-refractivity contribution in [1.82, 2.24) is 12.3 Å². The number of quaternary nitrogens is 2. The molecule has 0 fully saturated rings. The molecule has 0 aromatic rings. The molecular formula is H13Cl5MoN2O+2. The van der Waals surface area contributed by atoms with Gasteiger partial charge in [-0.3, -0.25) is 0 Å². The summed E-state index contributed by atoms with van der Waals surface area (Å²) in [5, 5.41) is 0. The van der Waals surface area contributed by atoms with Gasteiger partial charge in [0, 0.05) is 0 Å². The molecule has 0 aromatic heterocycles. The van der Waals surface area contributed by atoms with Crippen molar-refractivity contribution in [2.75, 3.05) is 0 Å². The summed E-state index contributed by atoms with van der Waals surface area (Å²) < 4.78 is 8.26. The molecule has 0 aromatic carbocycles. The van der Waals surface area contributed by atoms with E-state index in [9.17, 15) is 0 Å². The van der Waals surface area contributed by atoms with E-state index in [-0.39, 0.29) is 74.3 Å². The molecule has 9 heavy (non-hydrogen) atoms. The molecular weight excluding hydrogens is 317 g/mol. The topological polar surface area (TPSA) is 90.1 Å². The van der Waals surface area contributed by atoms with Crippen LogP contribution >= 0.6 is 62.0 Å². The summed E-state index contributed by atoms with van der Waals surface area (Å²) in [7, 11) is 0. The number of rotatable bonds is 0. The third-order valence-electron chi connectivity index (χ3n) is 0. The molecule has 0 aliphatic heterocycles. The fraction of sp³-hybridized carbons (Fsp3) is 0. The standard InChI is InChI=1S/5ClH.Mo.2H3N.O/h5*1H;;2*1H3;/p+2. The molecule has 0 spiro atoms. The number of halogens is 5. The van der Waals surface area contributed by atoms with Crippen LogP contribution in [0.2, 0.25) is 0 Å². The first kappa shape index (κ1) is 129. The first-order chi connectivity index (χ1) is 1.00. The van der Waals surface area contributed by atoms with Gasteiger partial charge in [-0.25, -0.2) is 0 Å². The van der Waals surface area contributed by atoms with E-state index in [0.29, 0.717) is 19.8 Å². The van der Waals surface area contributed by atoms with Crippen LogP contribution in [0.1, 0.15) is 0 Å². The third-order valence-corrected chi connectivity index (χ3v) is 0. The Kier molecular flexibility index (Phi) is 3210. The maximum atomic E-state index is 8.26. The van der Waals surface area contributed by atoms with E-state index < -0.39 is 0 Å². The molecule has 0 bridgehead atoms. The zero-order valence-electron chi connectivity index (χ0n) is 4.86. The van der Waals surface area contributed by atoms with E-state index in [4.69, 9.17) is 3.40 Å². The van der Waals surface area contributed by atoms with Crippen molar-refractivity contribution in [2.45, 2.75) is 0 Å². The summed E-state index contributed by atoms with van der Waals surface area (Å²) in [5.74, 6) is 0. The average molecular weight is 330 g/mol. The van der Waals surface area contributed by atoms with E-state index in [2.05, 4.69) is 0 Å². The molecule has 0 atom stereocenters. The first-order valence-corrected chi connectivity index (χ1v) is 0.986. The Bertz CT molecular complexity index is 14.9. The van der Waals surface area contributed by atoms with Crippen molar-refractivity contribution in [2.24, 2.45) is 0 Å². The van der Waals surface area contributed by atoms with E-state index in [0.717, 1.165) is 0 Å². The molecule has 0 unspecified atom stereocenters. The Hall–Kier alpha value is 1.86. The van der Waals surface area contributed by atoms with Crippen LogP contribution in [0, 0.1) is 0 Å². The van der Waals surface area contributed by atoms with Crippen LogP contribution in [0.5, 0.6) is 0 Å². The molecule has 9 heteroatoms. The fourth-order valence-electron chi connectivity index (χ4n) is 0. The van der Waals surface area contributed by atoms with E-state index in [1.165, 1.54) is 0 Å². The van der Waals surface area contributed by atoms with Crippen molar-refractivity contribution >= 4 is 62.0 Å². The zero-order valence-corrected chi connectivity index (χ0v) is 10.9. The van der Waals surface area contributed by atoms with Gasteiger partial charge in [-0.1, -0.05) is 0 Å². The predicted octanol–water partition coefficient (Wildman–Crippen LogP) is 2.74. The van der Waals surface area contributed by atoms with Crippen molar-refractivity contribution in [1.29, 1.82) is 0 Å². The van der Waals surface area contributed by atoms with E-state index in [1.54, 1.807) is 0 Å². The summed E-state index contributed by atoms with van der Waals surface area (Å²) >= 11 is 0.700. The van der Waals surface area contributed by atoms with Gasteiger partial charge in [-0.05, 0) is 0 Å². The molecule has 0 amide bonds. The Morgan fingerprint density at radius 3 is 0.556 bits per heavy atom. The van der Waals surface area contributed by atoms with Crippen molar-refractivity contribution in [3.8, 4) is 0 Å². The zero-order chi connectivity index (χ0) is 2.00. The summed E-state index contributed by atoms with van der Waals surface area (Å²) in [6.07, 6.45) is 0. The number of hydrogen-bond donors (Lipinski definition) is 2. The van der Waals surface area contributed by atoms with Crippen molar-refractivity contribution < 1.29 is 23.2 Å². The predicted molar refractivity (Wildman–Crippen MR) is 48.9 cm³/mol. The van der Waals surface area contributed by atoms with Gasteiger partial charge in [0.2, 0.25) is 0 Å². The second-order valence-corrected chi connectivity index (χ2v) is 0. The van der Waals surface area contributed by atoms with E-state index in [1.807, 2.05) is 0 Å². The van der Waals surface area contributed by atoms with Crippen LogP contribution in [0.3, 0.4) is 0 Å². The molecule has 0 saturated heterocycles. The normalized spacial score (nSPS) is 0.444. The van der Waals surface area contributed by atoms with Gasteiger partial charge in [0.05, 0.1) is 0 Å². The average Bonchev–Trinajstić information content (AvgIpc) is 1.00. The molecule has 0 radical (unpaired) electrons. The van der Waals surface area contributed by atoms with Gasteiger partial charge in [0.25, 0.3) is 0 Å². The molecule has 0 rings (SSSR count). The number of hydrogen-bond acceptors (Lipinski definition) is 1. The Morgan fingerprint density at radius 1 is 0.556 bits per heavy atom. The second-order valence-electron chi connectivity index (χ2n) is 0. The van der Waals surface area contributed by atoms with Gasteiger partial charge in [0.15, 0.2) is 0 Å². The molecule has 68 valence electrons. The molecule has 0 saturated carbocycles. The van der Waals surface area contributed by atoms with Crippen LogP contribution in [-0.2, 0) is 23.2 Å². The van der Waals surface area contributed by atoms with Gasteiger partial charge in [0.1, 0.15) is 0 Å². The summed E-state index contributed by atoms with van der Waals surface area (Å²) in [4.78, 5) is 0. The van der Waals surface area contributed by atoms with Gasteiger partial charge < -0.3 is 12.3 Å². The first-order valence-electron chi connectivity index (χ1n) is 0.167. The monoisotopic (exact) mass is 330 g/mol. The van der Waals surface area contributed by atoms with Gasteiger partial charge >= 0.3 is 23.2 Å². The Morgan fingerprint density at radius 2 is 0.556 bits per heavy atom. The van der Waals surface area contributed by atoms with Gasteiger partial charge in [-0.2, -0.15) is 0 Å². The van der Waals surface area contributed by atoms with Crippen LogP contribution < -0.4 is 12.3 Å². The quantitative estimate of drug-likeness (QED) is 0.657. The molecule has 0 aliphatic carbocycles. The summed E-state index contributed by atoms with van der Waals surface area (Å²) in [5.41, 5.74) is 0.